The number of methoxy groups -OCH3 is 1. The summed E-state index contributed by atoms with van der Waals surface area (Å²) in [5, 5.41) is 3.48. The normalized spacial score (nSPS) is 18.0. The number of amides is 1. The van der Waals surface area contributed by atoms with Gasteiger partial charge in [-0.15, -0.1) is 0 Å². The monoisotopic (exact) mass is 296 g/mol. The van der Waals surface area contributed by atoms with Gasteiger partial charge in [0.15, 0.2) is 0 Å². The Labute approximate surface area is 130 Å². The fourth-order valence-electron chi connectivity index (χ4n) is 2.83. The molecular formula is C18H20N2O2. The predicted molar refractivity (Wildman–Crippen MR) is 86.1 cm³/mol. The maximum Gasteiger partial charge on any atom is 0.257 e. The first-order chi connectivity index (χ1) is 10.8. The quantitative estimate of drug-likeness (QED) is 0.946. The van der Waals surface area contributed by atoms with Crippen molar-refractivity contribution in [2.75, 3.05) is 26.7 Å². The van der Waals surface area contributed by atoms with E-state index in [-0.39, 0.29) is 11.9 Å². The maximum atomic E-state index is 12.8. The topological polar surface area (TPSA) is 41.6 Å². The van der Waals surface area contributed by atoms with E-state index in [9.17, 15) is 4.79 Å². The lowest BCUT2D eigenvalue weighted by Gasteiger charge is -2.34. The van der Waals surface area contributed by atoms with E-state index in [0.29, 0.717) is 24.4 Å². The highest BCUT2D eigenvalue weighted by molar-refractivity contribution is 5.97. The average Bonchev–Trinajstić information content (AvgIpc) is 2.62. The summed E-state index contributed by atoms with van der Waals surface area (Å²) in [6, 6.07) is 17.8. The Morgan fingerprint density at radius 2 is 1.86 bits per heavy atom. The lowest BCUT2D eigenvalue weighted by atomic mass is 10.0. The van der Waals surface area contributed by atoms with Gasteiger partial charge in [-0.1, -0.05) is 42.5 Å². The van der Waals surface area contributed by atoms with Gasteiger partial charge in [-0.05, 0) is 17.7 Å². The van der Waals surface area contributed by atoms with Crippen molar-refractivity contribution in [3.63, 3.8) is 0 Å². The Kier molecular flexibility index (Phi) is 4.39. The molecule has 0 radical (unpaired) electrons. The van der Waals surface area contributed by atoms with Gasteiger partial charge in [0.2, 0.25) is 0 Å². The molecular weight excluding hydrogens is 276 g/mol. The highest BCUT2D eigenvalue weighted by atomic mass is 16.5. The second-order valence-corrected chi connectivity index (χ2v) is 5.37. The van der Waals surface area contributed by atoms with Crippen molar-refractivity contribution in [1.82, 2.24) is 10.2 Å². The number of carbonyl (C=O) groups excluding carboxylic acids is 1. The number of nitrogens with zero attached hydrogens (tertiary/aromatic N) is 1. The number of rotatable bonds is 3. The lowest BCUT2D eigenvalue weighted by molar-refractivity contribution is 0.0699. The van der Waals surface area contributed by atoms with Crippen molar-refractivity contribution in [3.05, 3.63) is 65.7 Å². The third-order valence-corrected chi connectivity index (χ3v) is 4.00. The zero-order chi connectivity index (χ0) is 15.4. The Hall–Kier alpha value is -2.33. The first kappa shape index (κ1) is 14.6. The first-order valence-electron chi connectivity index (χ1n) is 7.50. The predicted octanol–water partition coefficient (Wildman–Crippen LogP) is 2.48. The molecule has 2 aromatic carbocycles. The summed E-state index contributed by atoms with van der Waals surface area (Å²) < 4.78 is 5.31. The fraction of sp³-hybridized carbons (Fsp3) is 0.278. The van der Waals surface area contributed by atoms with E-state index in [1.165, 1.54) is 5.56 Å². The van der Waals surface area contributed by atoms with Crippen LogP contribution in [0.3, 0.4) is 0 Å². The van der Waals surface area contributed by atoms with Crippen LogP contribution in [-0.2, 0) is 0 Å². The minimum absolute atomic E-state index is 0.0277. The molecule has 0 aliphatic carbocycles. The maximum absolute atomic E-state index is 12.8. The summed E-state index contributed by atoms with van der Waals surface area (Å²) in [5.41, 5.74) is 1.83. The minimum Gasteiger partial charge on any atom is -0.496 e. The van der Waals surface area contributed by atoms with Gasteiger partial charge in [0.05, 0.1) is 12.7 Å². The molecule has 22 heavy (non-hydrogen) atoms. The van der Waals surface area contributed by atoms with Gasteiger partial charge in [0, 0.05) is 25.7 Å². The van der Waals surface area contributed by atoms with E-state index in [4.69, 9.17) is 4.74 Å². The van der Waals surface area contributed by atoms with Gasteiger partial charge < -0.3 is 15.0 Å². The van der Waals surface area contributed by atoms with Gasteiger partial charge >= 0.3 is 0 Å². The van der Waals surface area contributed by atoms with Gasteiger partial charge in [-0.2, -0.15) is 0 Å². The summed E-state index contributed by atoms with van der Waals surface area (Å²) in [7, 11) is 1.59. The summed E-state index contributed by atoms with van der Waals surface area (Å²) in [5.74, 6) is 0.655. The van der Waals surface area contributed by atoms with E-state index in [0.717, 1.165) is 6.54 Å². The molecule has 1 fully saturated rings. The van der Waals surface area contributed by atoms with Gasteiger partial charge in [-0.25, -0.2) is 0 Å². The molecule has 114 valence electrons. The van der Waals surface area contributed by atoms with Crippen molar-refractivity contribution in [3.8, 4) is 5.75 Å². The van der Waals surface area contributed by atoms with E-state index >= 15 is 0 Å². The Bertz CT molecular complexity index is 643. The van der Waals surface area contributed by atoms with Crippen LogP contribution in [0.2, 0.25) is 0 Å². The number of hydrogen-bond acceptors (Lipinski definition) is 3. The third kappa shape index (κ3) is 2.97. The van der Waals surface area contributed by atoms with Crippen LogP contribution in [0.25, 0.3) is 0 Å². The first-order valence-corrected chi connectivity index (χ1v) is 7.50. The van der Waals surface area contributed by atoms with Crippen molar-refractivity contribution >= 4 is 5.91 Å². The number of ether oxygens (including phenoxy) is 1. The molecule has 1 N–H and O–H groups in total. The van der Waals surface area contributed by atoms with Crippen molar-refractivity contribution in [2.45, 2.75) is 6.04 Å². The molecule has 1 amide bonds. The molecule has 0 saturated carbocycles. The Balaban J connectivity index is 1.78. The third-order valence-electron chi connectivity index (χ3n) is 4.00. The Morgan fingerprint density at radius 3 is 2.64 bits per heavy atom. The lowest BCUT2D eigenvalue weighted by Crippen LogP contribution is -2.48. The highest BCUT2D eigenvalue weighted by Crippen LogP contribution is 2.22. The van der Waals surface area contributed by atoms with Crippen LogP contribution in [0, 0.1) is 0 Å². The van der Waals surface area contributed by atoms with Crippen LogP contribution in [-0.4, -0.2) is 37.6 Å². The highest BCUT2D eigenvalue weighted by Gasteiger charge is 2.26. The summed E-state index contributed by atoms with van der Waals surface area (Å²) in [4.78, 5) is 14.7. The van der Waals surface area contributed by atoms with Crippen LogP contribution in [0.5, 0.6) is 5.75 Å². The summed E-state index contributed by atoms with van der Waals surface area (Å²) in [6.45, 7) is 2.17. The number of piperazine rings is 1. The Morgan fingerprint density at radius 1 is 1.14 bits per heavy atom. The van der Waals surface area contributed by atoms with E-state index < -0.39 is 0 Å². The van der Waals surface area contributed by atoms with E-state index in [1.54, 1.807) is 7.11 Å². The van der Waals surface area contributed by atoms with Crippen molar-refractivity contribution < 1.29 is 9.53 Å². The average molecular weight is 296 g/mol. The molecule has 1 unspecified atom stereocenters. The molecule has 3 rings (SSSR count). The van der Waals surface area contributed by atoms with E-state index in [2.05, 4.69) is 17.4 Å². The molecule has 2 aromatic rings. The molecule has 1 aliphatic heterocycles. The van der Waals surface area contributed by atoms with Crippen LogP contribution in [0.4, 0.5) is 0 Å². The SMILES string of the molecule is COc1ccccc1C(=O)N1CCNC(c2ccccc2)C1. The van der Waals surface area contributed by atoms with Gasteiger partial charge in [0.25, 0.3) is 5.91 Å². The van der Waals surface area contributed by atoms with Crippen molar-refractivity contribution in [2.24, 2.45) is 0 Å². The van der Waals surface area contributed by atoms with Gasteiger partial charge in [0.1, 0.15) is 5.75 Å². The number of para-hydroxylation sites is 1. The minimum atomic E-state index is 0.0277. The van der Waals surface area contributed by atoms with Crippen LogP contribution >= 0.6 is 0 Å². The zero-order valence-corrected chi connectivity index (χ0v) is 12.7. The molecule has 1 saturated heterocycles. The van der Waals surface area contributed by atoms with Crippen LogP contribution < -0.4 is 10.1 Å². The molecule has 0 spiro atoms. The molecule has 0 aromatic heterocycles. The van der Waals surface area contributed by atoms with Crippen LogP contribution in [0.1, 0.15) is 22.0 Å². The second-order valence-electron chi connectivity index (χ2n) is 5.37. The standard InChI is InChI=1S/C18H20N2O2/c1-22-17-10-6-5-9-15(17)18(21)20-12-11-19-16(13-20)14-7-3-2-4-8-14/h2-10,16,19H,11-13H2,1H3. The molecule has 4 nitrogen and oxygen atoms in total. The number of benzene rings is 2. The number of hydrogen-bond donors (Lipinski definition) is 1. The van der Waals surface area contributed by atoms with Gasteiger partial charge in [-0.3, -0.25) is 4.79 Å². The molecule has 4 heteroatoms. The zero-order valence-electron chi connectivity index (χ0n) is 12.7. The largest absolute Gasteiger partial charge is 0.496 e. The second kappa shape index (κ2) is 6.62. The van der Waals surface area contributed by atoms with Crippen molar-refractivity contribution in [1.29, 1.82) is 0 Å². The molecule has 1 atom stereocenters. The smallest absolute Gasteiger partial charge is 0.257 e. The fourth-order valence-corrected chi connectivity index (χ4v) is 2.83. The molecule has 1 aliphatic rings. The molecule has 1 heterocycles. The number of nitrogens with one attached hydrogen (secondary N) is 1. The molecule has 0 bridgehead atoms. The van der Waals surface area contributed by atoms with Crippen LogP contribution in [0.15, 0.2) is 54.6 Å². The summed E-state index contributed by atoms with van der Waals surface area (Å²) in [6.07, 6.45) is 0. The summed E-state index contributed by atoms with van der Waals surface area (Å²) >= 11 is 0. The van der Waals surface area contributed by atoms with E-state index in [1.807, 2.05) is 47.4 Å². The number of carbonyl (C=O) groups is 1.